The monoisotopic (exact) mass is 330 g/mol. The lowest BCUT2D eigenvalue weighted by Crippen LogP contribution is -2.37. The molecular formula is C17H22N4O3. The fourth-order valence-corrected chi connectivity index (χ4v) is 2.47. The van der Waals surface area contributed by atoms with E-state index >= 15 is 0 Å². The van der Waals surface area contributed by atoms with Crippen molar-refractivity contribution in [1.29, 1.82) is 0 Å². The van der Waals surface area contributed by atoms with Crippen LogP contribution >= 0.6 is 0 Å². The summed E-state index contributed by atoms with van der Waals surface area (Å²) in [6.07, 6.45) is 7.44. The molecule has 0 aliphatic heterocycles. The second kappa shape index (κ2) is 8.24. The number of rotatable bonds is 7. The van der Waals surface area contributed by atoms with Gasteiger partial charge in [-0.2, -0.15) is 0 Å². The smallest absolute Gasteiger partial charge is 0.328 e. The van der Waals surface area contributed by atoms with Gasteiger partial charge in [-0.1, -0.05) is 25.8 Å². The van der Waals surface area contributed by atoms with Crippen molar-refractivity contribution < 1.29 is 4.79 Å². The van der Waals surface area contributed by atoms with Crippen LogP contribution in [0.4, 0.5) is 0 Å². The first-order chi connectivity index (χ1) is 11.5. The number of hydrogen-bond acceptors (Lipinski definition) is 4. The predicted octanol–water partition coefficient (Wildman–Crippen LogP) is 1.06. The zero-order valence-electron chi connectivity index (χ0n) is 13.9. The molecule has 0 spiro atoms. The van der Waals surface area contributed by atoms with E-state index in [-0.39, 0.29) is 23.9 Å². The molecule has 1 atom stereocenters. The van der Waals surface area contributed by atoms with Crippen molar-refractivity contribution in [3.63, 3.8) is 0 Å². The third-order valence-electron chi connectivity index (χ3n) is 3.87. The quantitative estimate of drug-likeness (QED) is 0.793. The van der Waals surface area contributed by atoms with E-state index in [1.807, 2.05) is 12.1 Å². The number of aromatic amines is 1. The Morgan fingerprint density at radius 2 is 2.21 bits per heavy atom. The first kappa shape index (κ1) is 17.7. The Hall–Kier alpha value is -2.70. The molecule has 7 nitrogen and oxygen atoms in total. The van der Waals surface area contributed by atoms with E-state index in [0.717, 1.165) is 29.4 Å². The Morgan fingerprint density at radius 1 is 1.42 bits per heavy atom. The molecule has 0 aromatic carbocycles. The molecule has 24 heavy (non-hydrogen) atoms. The SMILES string of the molecule is CCCC[C@@H](NC(=O)Cc1c[nH]c(=O)n(C)c1=O)c1cccnc1. The number of hydrogen-bond donors (Lipinski definition) is 2. The lowest BCUT2D eigenvalue weighted by Gasteiger charge is -2.18. The van der Waals surface area contributed by atoms with E-state index in [0.29, 0.717) is 0 Å². The summed E-state index contributed by atoms with van der Waals surface area (Å²) in [4.78, 5) is 42.2. The number of nitrogens with zero attached hydrogens (tertiary/aromatic N) is 2. The number of nitrogens with one attached hydrogen (secondary N) is 2. The maximum absolute atomic E-state index is 12.3. The van der Waals surface area contributed by atoms with Crippen molar-refractivity contribution >= 4 is 5.91 Å². The van der Waals surface area contributed by atoms with Crippen molar-refractivity contribution in [3.8, 4) is 0 Å². The third kappa shape index (κ3) is 4.41. The molecule has 2 N–H and O–H groups in total. The number of unbranched alkanes of at least 4 members (excludes halogenated alkanes) is 1. The summed E-state index contributed by atoms with van der Waals surface area (Å²) in [6.45, 7) is 2.09. The van der Waals surface area contributed by atoms with E-state index < -0.39 is 11.2 Å². The highest BCUT2D eigenvalue weighted by Gasteiger charge is 2.16. The van der Waals surface area contributed by atoms with Crippen LogP contribution in [0.2, 0.25) is 0 Å². The molecule has 0 unspecified atom stereocenters. The fourth-order valence-electron chi connectivity index (χ4n) is 2.47. The Morgan fingerprint density at radius 3 is 2.88 bits per heavy atom. The van der Waals surface area contributed by atoms with E-state index in [2.05, 4.69) is 22.2 Å². The molecule has 0 fully saturated rings. The van der Waals surface area contributed by atoms with Crippen LogP contribution in [0.25, 0.3) is 0 Å². The minimum Gasteiger partial charge on any atom is -0.349 e. The third-order valence-corrected chi connectivity index (χ3v) is 3.87. The van der Waals surface area contributed by atoms with Gasteiger partial charge in [-0.25, -0.2) is 4.79 Å². The average molecular weight is 330 g/mol. The van der Waals surface area contributed by atoms with Gasteiger partial charge in [-0.3, -0.25) is 19.1 Å². The van der Waals surface area contributed by atoms with Crippen LogP contribution in [0.3, 0.4) is 0 Å². The number of carbonyl (C=O) groups is 1. The summed E-state index contributed by atoms with van der Waals surface area (Å²) in [7, 11) is 1.38. The van der Waals surface area contributed by atoms with Crippen LogP contribution in [0.1, 0.15) is 43.4 Å². The number of H-pyrrole nitrogens is 1. The first-order valence-electron chi connectivity index (χ1n) is 7.99. The molecule has 0 aliphatic carbocycles. The predicted molar refractivity (Wildman–Crippen MR) is 90.7 cm³/mol. The lowest BCUT2D eigenvalue weighted by atomic mass is 10.0. The average Bonchev–Trinajstić information content (AvgIpc) is 2.60. The first-order valence-corrected chi connectivity index (χ1v) is 7.99. The van der Waals surface area contributed by atoms with E-state index in [1.165, 1.54) is 13.2 Å². The summed E-state index contributed by atoms with van der Waals surface area (Å²) in [5.41, 5.74) is 0.240. The summed E-state index contributed by atoms with van der Waals surface area (Å²) in [5, 5.41) is 2.96. The van der Waals surface area contributed by atoms with Gasteiger partial charge >= 0.3 is 5.69 Å². The summed E-state index contributed by atoms with van der Waals surface area (Å²) in [5.74, 6) is -0.260. The Balaban J connectivity index is 2.12. The van der Waals surface area contributed by atoms with Crippen molar-refractivity contribution in [2.45, 2.75) is 38.6 Å². The number of amides is 1. The van der Waals surface area contributed by atoms with Gasteiger partial charge in [0.15, 0.2) is 0 Å². The van der Waals surface area contributed by atoms with Crippen LogP contribution in [-0.4, -0.2) is 20.4 Å². The minimum absolute atomic E-state index is 0.0770. The standard InChI is InChI=1S/C17H22N4O3/c1-3-4-7-14(12-6-5-8-18-10-12)20-15(22)9-13-11-19-17(24)21(2)16(13)23/h5-6,8,10-11,14H,3-4,7,9H2,1-2H3,(H,19,24)(H,20,22)/t14-/m1/s1. The van der Waals surface area contributed by atoms with Gasteiger partial charge in [-0.05, 0) is 18.1 Å². The molecule has 2 aromatic rings. The van der Waals surface area contributed by atoms with Crippen LogP contribution in [-0.2, 0) is 18.3 Å². The van der Waals surface area contributed by atoms with Crippen LogP contribution < -0.4 is 16.6 Å². The molecule has 7 heteroatoms. The van der Waals surface area contributed by atoms with Crippen LogP contribution in [0, 0.1) is 0 Å². The van der Waals surface area contributed by atoms with Gasteiger partial charge in [0.05, 0.1) is 12.5 Å². The molecular weight excluding hydrogens is 308 g/mol. The number of aromatic nitrogens is 3. The largest absolute Gasteiger partial charge is 0.349 e. The van der Waals surface area contributed by atoms with Crippen molar-refractivity contribution in [2.75, 3.05) is 0 Å². The lowest BCUT2D eigenvalue weighted by molar-refractivity contribution is -0.121. The number of pyridine rings is 1. The molecule has 1 amide bonds. The van der Waals surface area contributed by atoms with Gasteiger partial charge in [0.25, 0.3) is 5.56 Å². The van der Waals surface area contributed by atoms with Crippen molar-refractivity contribution in [3.05, 3.63) is 62.7 Å². The minimum atomic E-state index is -0.500. The van der Waals surface area contributed by atoms with Gasteiger partial charge in [-0.15, -0.1) is 0 Å². The van der Waals surface area contributed by atoms with Gasteiger partial charge in [0.2, 0.25) is 5.91 Å². The maximum Gasteiger partial charge on any atom is 0.328 e. The second-order valence-electron chi connectivity index (χ2n) is 5.71. The molecule has 0 saturated heterocycles. The van der Waals surface area contributed by atoms with Crippen molar-refractivity contribution in [1.82, 2.24) is 19.9 Å². The zero-order valence-corrected chi connectivity index (χ0v) is 13.9. The maximum atomic E-state index is 12.3. The van der Waals surface area contributed by atoms with E-state index in [9.17, 15) is 14.4 Å². The Labute approximate surface area is 139 Å². The van der Waals surface area contributed by atoms with Crippen LogP contribution in [0.15, 0.2) is 40.3 Å². The molecule has 0 bridgehead atoms. The van der Waals surface area contributed by atoms with E-state index in [1.54, 1.807) is 12.4 Å². The van der Waals surface area contributed by atoms with Gasteiger partial charge in [0.1, 0.15) is 0 Å². The highest BCUT2D eigenvalue weighted by molar-refractivity contribution is 5.78. The summed E-state index contributed by atoms with van der Waals surface area (Å²) >= 11 is 0. The molecule has 2 aromatic heterocycles. The molecule has 2 heterocycles. The molecule has 128 valence electrons. The Kier molecular flexibility index (Phi) is 6.06. The highest BCUT2D eigenvalue weighted by atomic mass is 16.2. The summed E-state index contributed by atoms with van der Waals surface area (Å²) < 4.78 is 0.957. The fraction of sp³-hybridized carbons (Fsp3) is 0.412. The highest BCUT2D eigenvalue weighted by Crippen LogP contribution is 2.18. The molecule has 2 rings (SSSR count). The van der Waals surface area contributed by atoms with Crippen LogP contribution in [0.5, 0.6) is 0 Å². The normalized spacial score (nSPS) is 11.9. The molecule has 0 aliphatic rings. The van der Waals surface area contributed by atoms with Gasteiger partial charge < -0.3 is 10.3 Å². The molecule has 0 radical (unpaired) electrons. The topological polar surface area (TPSA) is 96.9 Å². The van der Waals surface area contributed by atoms with E-state index in [4.69, 9.17) is 0 Å². The van der Waals surface area contributed by atoms with Gasteiger partial charge in [0, 0.05) is 31.2 Å². The molecule has 0 saturated carbocycles. The summed E-state index contributed by atoms with van der Waals surface area (Å²) in [6, 6.07) is 3.61. The number of carbonyl (C=O) groups excluding carboxylic acids is 1. The second-order valence-corrected chi connectivity index (χ2v) is 5.71. The van der Waals surface area contributed by atoms with Crippen molar-refractivity contribution in [2.24, 2.45) is 7.05 Å². The Bertz CT molecular complexity index is 795. The zero-order chi connectivity index (χ0) is 17.5.